The second kappa shape index (κ2) is 19.9. The lowest BCUT2D eigenvalue weighted by atomic mass is 9.71. The largest absolute Gasteiger partial charge is 0.378 e. The van der Waals surface area contributed by atoms with Crippen LogP contribution in [0.25, 0.3) is 0 Å². The van der Waals surface area contributed by atoms with Crippen LogP contribution in [-0.2, 0) is 4.74 Å². The van der Waals surface area contributed by atoms with E-state index in [2.05, 4.69) is 41.5 Å². The third-order valence-electron chi connectivity index (χ3n) is 6.91. The summed E-state index contributed by atoms with van der Waals surface area (Å²) in [7, 11) is 0. The third kappa shape index (κ3) is 15.4. The highest BCUT2D eigenvalue weighted by atomic mass is 16.5. The van der Waals surface area contributed by atoms with E-state index in [1.165, 1.54) is 109 Å². The topological polar surface area (TPSA) is 9.23 Å². The van der Waals surface area contributed by atoms with E-state index in [1.807, 2.05) is 0 Å². The van der Waals surface area contributed by atoms with E-state index in [0.29, 0.717) is 17.4 Å². The summed E-state index contributed by atoms with van der Waals surface area (Å²) < 4.78 is 6.03. The van der Waals surface area contributed by atoms with Crippen LogP contribution in [0, 0.1) is 11.3 Å². The van der Waals surface area contributed by atoms with Crippen LogP contribution in [0.4, 0.5) is 0 Å². The van der Waals surface area contributed by atoms with Gasteiger partial charge in [0.05, 0.1) is 6.10 Å². The maximum Gasteiger partial charge on any atom is 0.0598 e. The number of hydrogen-bond acceptors (Lipinski definition) is 1. The van der Waals surface area contributed by atoms with Crippen molar-refractivity contribution >= 4 is 0 Å². The molecule has 1 atom stereocenters. The molecule has 0 spiro atoms. The average Bonchev–Trinajstić information content (AvgIpc) is 2.72. The molecule has 0 amide bonds. The summed E-state index contributed by atoms with van der Waals surface area (Å²) in [5, 5.41) is 0. The van der Waals surface area contributed by atoms with Crippen molar-refractivity contribution in [3.05, 3.63) is 0 Å². The molecule has 0 saturated heterocycles. The average molecular weight is 411 g/mol. The standard InChI is InChI=1S/C28H58O/c1-7-11-21-28(22-12-8-2,23-13-9-3)24-19-17-15-14-16-18-20-27(26(5)6)29-25-10-4/h26-27H,7-25H2,1-6H3. The maximum absolute atomic E-state index is 6.03. The van der Waals surface area contributed by atoms with E-state index in [1.54, 1.807) is 0 Å². The minimum Gasteiger partial charge on any atom is -0.378 e. The second-order valence-electron chi connectivity index (χ2n) is 10.1. The van der Waals surface area contributed by atoms with Gasteiger partial charge in [-0.05, 0) is 49.9 Å². The zero-order valence-corrected chi connectivity index (χ0v) is 21.5. The van der Waals surface area contributed by atoms with E-state index in [9.17, 15) is 0 Å². The molecule has 0 aliphatic rings. The fraction of sp³-hybridized carbons (Fsp3) is 1.00. The van der Waals surface area contributed by atoms with Crippen LogP contribution >= 0.6 is 0 Å². The van der Waals surface area contributed by atoms with Crippen LogP contribution in [0.15, 0.2) is 0 Å². The summed E-state index contributed by atoms with van der Waals surface area (Å²) in [6, 6.07) is 0. The van der Waals surface area contributed by atoms with Crippen molar-refractivity contribution in [3.8, 4) is 0 Å². The molecule has 0 saturated carbocycles. The Morgan fingerprint density at radius 3 is 1.45 bits per heavy atom. The predicted octanol–water partition coefficient (Wildman–Crippen LogP) is 10.1. The van der Waals surface area contributed by atoms with Gasteiger partial charge in [0.25, 0.3) is 0 Å². The highest BCUT2D eigenvalue weighted by Crippen LogP contribution is 2.41. The van der Waals surface area contributed by atoms with Gasteiger partial charge in [-0.15, -0.1) is 0 Å². The molecule has 1 unspecified atom stereocenters. The minimum absolute atomic E-state index is 0.478. The van der Waals surface area contributed by atoms with Crippen LogP contribution in [0.3, 0.4) is 0 Å². The van der Waals surface area contributed by atoms with Gasteiger partial charge in [0, 0.05) is 6.61 Å². The van der Waals surface area contributed by atoms with Crippen LogP contribution in [-0.4, -0.2) is 12.7 Å². The van der Waals surface area contributed by atoms with Gasteiger partial charge in [-0.25, -0.2) is 0 Å². The molecule has 0 aliphatic carbocycles. The minimum atomic E-state index is 0.478. The Hall–Kier alpha value is -0.0400. The van der Waals surface area contributed by atoms with Gasteiger partial charge in [-0.3, -0.25) is 0 Å². The van der Waals surface area contributed by atoms with Crippen molar-refractivity contribution in [2.24, 2.45) is 11.3 Å². The third-order valence-corrected chi connectivity index (χ3v) is 6.91. The Morgan fingerprint density at radius 2 is 1.00 bits per heavy atom. The van der Waals surface area contributed by atoms with E-state index in [0.717, 1.165) is 13.0 Å². The highest BCUT2D eigenvalue weighted by Gasteiger charge is 2.27. The Balaban J connectivity index is 4.13. The van der Waals surface area contributed by atoms with Gasteiger partial charge in [0.2, 0.25) is 0 Å². The second-order valence-corrected chi connectivity index (χ2v) is 10.1. The highest BCUT2D eigenvalue weighted by molar-refractivity contribution is 4.79. The Kier molecular flexibility index (Phi) is 19.9. The van der Waals surface area contributed by atoms with Gasteiger partial charge in [0.1, 0.15) is 0 Å². The van der Waals surface area contributed by atoms with Crippen molar-refractivity contribution in [1.29, 1.82) is 0 Å². The van der Waals surface area contributed by atoms with E-state index >= 15 is 0 Å². The van der Waals surface area contributed by atoms with Crippen LogP contribution in [0.2, 0.25) is 0 Å². The summed E-state index contributed by atoms with van der Waals surface area (Å²) >= 11 is 0. The molecule has 1 nitrogen and oxygen atoms in total. The lowest BCUT2D eigenvalue weighted by molar-refractivity contribution is 0.0155. The van der Waals surface area contributed by atoms with Crippen molar-refractivity contribution in [3.63, 3.8) is 0 Å². The van der Waals surface area contributed by atoms with Crippen LogP contribution < -0.4 is 0 Å². The van der Waals surface area contributed by atoms with E-state index in [-0.39, 0.29) is 0 Å². The fourth-order valence-corrected chi connectivity index (χ4v) is 4.84. The van der Waals surface area contributed by atoms with Crippen molar-refractivity contribution in [2.75, 3.05) is 6.61 Å². The molecule has 0 N–H and O–H groups in total. The van der Waals surface area contributed by atoms with Gasteiger partial charge in [-0.1, -0.05) is 119 Å². The SMILES string of the molecule is CCCCC(CCCC)(CCCC)CCCCCCCCC(OCCC)C(C)C. The van der Waals surface area contributed by atoms with Crippen LogP contribution in [0.1, 0.15) is 157 Å². The lowest BCUT2D eigenvalue weighted by Crippen LogP contribution is -2.21. The molecule has 0 rings (SSSR count). The first-order valence-corrected chi connectivity index (χ1v) is 13.7. The van der Waals surface area contributed by atoms with E-state index in [4.69, 9.17) is 4.74 Å². The molecule has 0 aromatic carbocycles. The summed E-state index contributed by atoms with van der Waals surface area (Å²) in [5.41, 5.74) is 0.670. The monoisotopic (exact) mass is 410 g/mol. The summed E-state index contributed by atoms with van der Waals surface area (Å²) in [4.78, 5) is 0. The Labute approximate surface area is 186 Å². The fourth-order valence-electron chi connectivity index (χ4n) is 4.84. The molecule has 0 bridgehead atoms. The summed E-state index contributed by atoms with van der Waals surface area (Å²) in [6.07, 6.45) is 25.7. The van der Waals surface area contributed by atoms with Crippen LogP contribution in [0.5, 0.6) is 0 Å². The molecule has 1 heteroatoms. The Morgan fingerprint density at radius 1 is 0.552 bits per heavy atom. The lowest BCUT2D eigenvalue weighted by Gasteiger charge is -2.35. The van der Waals surface area contributed by atoms with E-state index < -0.39 is 0 Å². The molecule has 0 fully saturated rings. The first kappa shape index (κ1) is 29.0. The number of hydrogen-bond donors (Lipinski definition) is 0. The van der Waals surface area contributed by atoms with Gasteiger partial charge in [0.15, 0.2) is 0 Å². The smallest absolute Gasteiger partial charge is 0.0598 e. The quantitative estimate of drug-likeness (QED) is 0.161. The molecule has 0 radical (unpaired) electrons. The van der Waals surface area contributed by atoms with Gasteiger partial charge in [-0.2, -0.15) is 0 Å². The zero-order chi connectivity index (χ0) is 21.8. The Bertz CT molecular complexity index is 301. The number of ether oxygens (including phenoxy) is 1. The summed E-state index contributed by atoms with van der Waals surface area (Å²) in [5.74, 6) is 0.657. The first-order valence-electron chi connectivity index (χ1n) is 13.7. The molecular formula is C28H58O. The predicted molar refractivity (Wildman–Crippen MR) is 133 cm³/mol. The molecule has 29 heavy (non-hydrogen) atoms. The normalized spacial score (nSPS) is 13.3. The van der Waals surface area contributed by atoms with Crippen molar-refractivity contribution < 1.29 is 4.74 Å². The number of unbranched alkanes of at least 4 members (excludes halogenated alkanes) is 8. The van der Waals surface area contributed by atoms with Gasteiger partial charge < -0.3 is 4.74 Å². The maximum atomic E-state index is 6.03. The molecule has 176 valence electrons. The zero-order valence-electron chi connectivity index (χ0n) is 21.5. The molecule has 0 aromatic rings. The molecule has 0 aromatic heterocycles. The molecule has 0 aliphatic heterocycles. The number of rotatable bonds is 22. The van der Waals surface area contributed by atoms with Crippen molar-refractivity contribution in [1.82, 2.24) is 0 Å². The molecular weight excluding hydrogens is 352 g/mol. The van der Waals surface area contributed by atoms with Crippen molar-refractivity contribution in [2.45, 2.75) is 163 Å². The summed E-state index contributed by atoms with van der Waals surface area (Å²) in [6.45, 7) is 14.8. The first-order chi connectivity index (χ1) is 14.0. The van der Waals surface area contributed by atoms with Gasteiger partial charge >= 0.3 is 0 Å². The molecule has 0 heterocycles.